The van der Waals surface area contributed by atoms with Crippen molar-refractivity contribution < 1.29 is 22.4 Å². The molecule has 0 aliphatic carbocycles. The zero-order chi connectivity index (χ0) is 24.9. The van der Waals surface area contributed by atoms with Crippen molar-refractivity contribution in [3.8, 4) is 11.3 Å². The highest BCUT2D eigenvalue weighted by molar-refractivity contribution is 7.18. The summed E-state index contributed by atoms with van der Waals surface area (Å²) in [7, 11) is 2.91. The Bertz CT molecular complexity index is 1560. The monoisotopic (exact) mass is 512 g/mol. The fourth-order valence-corrected chi connectivity index (χ4v) is 5.34. The number of hydrogen-bond donors (Lipinski definition) is 1. The molecule has 178 valence electrons. The van der Waals surface area contributed by atoms with Gasteiger partial charge in [0.05, 0.1) is 23.1 Å². The van der Waals surface area contributed by atoms with Gasteiger partial charge in [-0.15, -0.1) is 22.7 Å². The van der Waals surface area contributed by atoms with E-state index >= 15 is 0 Å². The van der Waals surface area contributed by atoms with E-state index < -0.39 is 34.7 Å². The van der Waals surface area contributed by atoms with Crippen molar-refractivity contribution >= 4 is 43.9 Å². The Hall–Kier alpha value is -3.32. The molecular weight excluding hydrogens is 496 g/mol. The van der Waals surface area contributed by atoms with Crippen LogP contribution in [0.25, 0.3) is 21.5 Å². The van der Waals surface area contributed by atoms with Crippen LogP contribution < -0.4 is 16.6 Å². The van der Waals surface area contributed by atoms with Crippen LogP contribution in [0.4, 0.5) is 22.7 Å². The molecule has 34 heavy (non-hydrogen) atoms. The van der Waals surface area contributed by atoms with E-state index in [0.717, 1.165) is 28.0 Å². The lowest BCUT2D eigenvalue weighted by molar-refractivity contribution is -0.140. The molecule has 7 nitrogen and oxygen atoms in total. The van der Waals surface area contributed by atoms with E-state index in [2.05, 4.69) is 10.3 Å². The van der Waals surface area contributed by atoms with Crippen LogP contribution >= 0.6 is 22.7 Å². The van der Waals surface area contributed by atoms with Crippen LogP contribution in [-0.4, -0.2) is 20.0 Å². The average molecular weight is 513 g/mol. The van der Waals surface area contributed by atoms with Crippen molar-refractivity contribution in [3.63, 3.8) is 0 Å². The van der Waals surface area contributed by atoms with Crippen molar-refractivity contribution in [1.82, 2.24) is 14.1 Å². The summed E-state index contributed by atoms with van der Waals surface area (Å²) in [6, 6.07) is 2.48. The Morgan fingerprint density at radius 2 is 1.88 bits per heavy atom. The molecule has 0 bridgehead atoms. The minimum Gasteiger partial charge on any atom is -0.302 e. The van der Waals surface area contributed by atoms with Crippen molar-refractivity contribution in [2.24, 2.45) is 14.1 Å². The maximum atomic E-state index is 13.9. The molecule has 0 spiro atoms. The maximum absolute atomic E-state index is 13.9. The van der Waals surface area contributed by atoms with Gasteiger partial charge in [0.25, 0.3) is 5.56 Å². The number of halogens is 4. The first-order chi connectivity index (χ1) is 15.9. The molecule has 1 N–H and O–H groups in total. The van der Waals surface area contributed by atoms with E-state index in [-0.39, 0.29) is 22.8 Å². The van der Waals surface area contributed by atoms with Gasteiger partial charge < -0.3 is 5.32 Å². The molecule has 0 aliphatic rings. The van der Waals surface area contributed by atoms with Crippen molar-refractivity contribution in [2.75, 3.05) is 5.32 Å². The predicted molar refractivity (Wildman–Crippen MR) is 122 cm³/mol. The molecule has 4 aromatic rings. The number of fused-ring (bicyclic) bond motifs is 1. The minimum atomic E-state index is -4.80. The summed E-state index contributed by atoms with van der Waals surface area (Å²) in [5.74, 6) is -1.89. The summed E-state index contributed by atoms with van der Waals surface area (Å²) < 4.78 is 54.5. The topological polar surface area (TPSA) is 86.0 Å². The summed E-state index contributed by atoms with van der Waals surface area (Å²) in [5.41, 5.74) is -1.51. The smallest absolute Gasteiger partial charge is 0.302 e. The Morgan fingerprint density at radius 3 is 2.53 bits per heavy atom. The van der Waals surface area contributed by atoms with Crippen molar-refractivity contribution in [3.05, 3.63) is 66.2 Å². The van der Waals surface area contributed by atoms with Crippen LogP contribution in [0.3, 0.4) is 0 Å². The summed E-state index contributed by atoms with van der Waals surface area (Å²) in [5, 5.41) is 4.53. The number of carbonyl (C=O) groups is 1. The minimum absolute atomic E-state index is 0.131. The lowest BCUT2D eigenvalue weighted by atomic mass is 10.1. The van der Waals surface area contributed by atoms with Gasteiger partial charge in [-0.05, 0) is 24.6 Å². The molecule has 0 aliphatic heterocycles. The number of carbonyl (C=O) groups excluding carboxylic acids is 1. The van der Waals surface area contributed by atoms with E-state index in [9.17, 15) is 31.9 Å². The first-order valence-electron chi connectivity index (χ1n) is 9.69. The SMILES string of the molecule is Cc1sc2c(c1CC(=O)Nc1nc(-c3ccc(C(F)(F)F)c(F)c3)cs1)c(=O)n(C)c(=O)n2C. The lowest BCUT2D eigenvalue weighted by Gasteiger charge is -2.08. The number of hydrogen-bond acceptors (Lipinski definition) is 6. The van der Waals surface area contributed by atoms with E-state index in [1.54, 1.807) is 14.0 Å². The third-order valence-corrected chi connectivity index (χ3v) is 7.23. The zero-order valence-corrected chi connectivity index (χ0v) is 19.5. The standard InChI is InChI=1S/C21H16F4N4O3S2/c1-9-11(16-17(31)28(2)20(32)29(3)18(16)34-9)7-15(30)27-19-26-14(8-33-19)10-4-5-12(13(22)6-10)21(23,24)25/h4-6,8H,7H2,1-3H3,(H,26,27,30). The number of aromatic nitrogens is 3. The van der Waals surface area contributed by atoms with Crippen molar-refractivity contribution in [1.29, 1.82) is 0 Å². The quantitative estimate of drug-likeness (QED) is 0.418. The number of aryl methyl sites for hydroxylation is 2. The highest BCUT2D eigenvalue weighted by Gasteiger charge is 2.34. The van der Waals surface area contributed by atoms with Crippen molar-refractivity contribution in [2.45, 2.75) is 19.5 Å². The number of nitrogens with one attached hydrogen (secondary N) is 1. The first-order valence-corrected chi connectivity index (χ1v) is 11.4. The van der Waals surface area contributed by atoms with E-state index in [1.807, 2.05) is 0 Å². The van der Waals surface area contributed by atoms with E-state index in [1.165, 1.54) is 28.3 Å². The van der Waals surface area contributed by atoms with Gasteiger partial charge in [0, 0.05) is 29.9 Å². The molecule has 4 rings (SSSR count). The number of benzene rings is 1. The second kappa shape index (κ2) is 8.47. The molecule has 1 aromatic carbocycles. The summed E-state index contributed by atoms with van der Waals surface area (Å²) in [6.07, 6.45) is -4.95. The van der Waals surface area contributed by atoms with Gasteiger partial charge in [-0.1, -0.05) is 6.07 Å². The summed E-state index contributed by atoms with van der Waals surface area (Å²) in [4.78, 5) is 42.8. The normalized spacial score (nSPS) is 11.9. The number of rotatable bonds is 4. The highest BCUT2D eigenvalue weighted by Crippen LogP contribution is 2.34. The number of thiophene rings is 1. The number of thiazole rings is 1. The second-order valence-corrected chi connectivity index (χ2v) is 9.54. The number of alkyl halides is 3. The van der Waals surface area contributed by atoms with Gasteiger partial charge in [0.2, 0.25) is 5.91 Å². The van der Waals surface area contributed by atoms with Gasteiger partial charge >= 0.3 is 11.9 Å². The fourth-order valence-electron chi connectivity index (χ4n) is 3.49. The lowest BCUT2D eigenvalue weighted by Crippen LogP contribution is -2.36. The molecule has 0 fully saturated rings. The first kappa shape index (κ1) is 23.8. The van der Waals surface area contributed by atoms with Gasteiger partial charge in [-0.25, -0.2) is 14.2 Å². The Balaban J connectivity index is 1.58. The van der Waals surface area contributed by atoms with Gasteiger partial charge in [0.15, 0.2) is 5.13 Å². The number of anilines is 1. The van der Waals surface area contributed by atoms with Crippen LogP contribution in [0, 0.1) is 12.7 Å². The van der Waals surface area contributed by atoms with Gasteiger partial charge in [-0.3, -0.25) is 18.7 Å². The van der Waals surface area contributed by atoms with Crippen LogP contribution in [0.15, 0.2) is 33.2 Å². The number of amides is 1. The Morgan fingerprint density at radius 1 is 1.18 bits per heavy atom. The molecule has 13 heteroatoms. The molecule has 1 amide bonds. The molecule has 0 saturated heterocycles. The fraction of sp³-hybridized carbons (Fsp3) is 0.238. The average Bonchev–Trinajstić information content (AvgIpc) is 3.34. The predicted octanol–water partition coefficient (Wildman–Crippen LogP) is 4.07. The number of nitrogens with zero attached hydrogens (tertiary/aromatic N) is 3. The third-order valence-electron chi connectivity index (χ3n) is 5.25. The Labute approximate surface area is 196 Å². The molecule has 3 aromatic heterocycles. The van der Waals surface area contributed by atoms with Gasteiger partial charge in [0.1, 0.15) is 10.6 Å². The molecule has 0 radical (unpaired) electrons. The molecule has 3 heterocycles. The molecule has 0 saturated carbocycles. The maximum Gasteiger partial charge on any atom is 0.419 e. The van der Waals surface area contributed by atoms with E-state index in [0.29, 0.717) is 26.7 Å². The summed E-state index contributed by atoms with van der Waals surface area (Å²) in [6.45, 7) is 1.75. The highest BCUT2D eigenvalue weighted by atomic mass is 32.1. The largest absolute Gasteiger partial charge is 0.419 e. The van der Waals surface area contributed by atoms with Crippen LogP contribution in [0.5, 0.6) is 0 Å². The molecular formula is C21H16F4N4O3S2. The van der Waals surface area contributed by atoms with Crippen LogP contribution in [0.2, 0.25) is 0 Å². The van der Waals surface area contributed by atoms with Crippen LogP contribution in [0.1, 0.15) is 16.0 Å². The zero-order valence-electron chi connectivity index (χ0n) is 17.9. The second-order valence-electron chi connectivity index (χ2n) is 7.48. The molecule has 0 unspecified atom stereocenters. The van der Waals surface area contributed by atoms with Gasteiger partial charge in [-0.2, -0.15) is 13.2 Å². The van der Waals surface area contributed by atoms with E-state index in [4.69, 9.17) is 0 Å². The third kappa shape index (κ3) is 4.16. The Kier molecular flexibility index (Phi) is 5.94. The molecule has 0 atom stereocenters. The van der Waals surface area contributed by atoms with Crippen LogP contribution in [-0.2, 0) is 31.5 Å². The summed E-state index contributed by atoms with van der Waals surface area (Å²) >= 11 is 2.26.